The van der Waals surface area contributed by atoms with Crippen molar-refractivity contribution in [1.29, 1.82) is 0 Å². The molecular weight excluding hydrogens is 178 g/mol. The largest absolute Gasteiger partial charge is 0.378 e. The van der Waals surface area contributed by atoms with Crippen LogP contribution in [0.4, 0.5) is 0 Å². The number of nitrogens with zero attached hydrogens (tertiary/aromatic N) is 1. The minimum absolute atomic E-state index is 0.169. The van der Waals surface area contributed by atoms with Crippen LogP contribution in [0.15, 0.2) is 4.99 Å². The van der Waals surface area contributed by atoms with Crippen molar-refractivity contribution in [2.45, 2.75) is 44.6 Å². The summed E-state index contributed by atoms with van der Waals surface area (Å²) in [5.41, 5.74) is 10.4. The number of rotatable bonds is 5. The van der Waals surface area contributed by atoms with Crippen LogP contribution in [0.5, 0.6) is 0 Å². The molecule has 14 heavy (non-hydrogen) atoms. The molecule has 0 aliphatic heterocycles. The lowest BCUT2D eigenvalue weighted by Gasteiger charge is -2.21. The van der Waals surface area contributed by atoms with Gasteiger partial charge in [-0.05, 0) is 19.3 Å². The summed E-state index contributed by atoms with van der Waals surface area (Å²) >= 11 is 0. The Morgan fingerprint density at radius 2 is 1.93 bits per heavy atom. The molecule has 4 N–H and O–H groups in total. The van der Waals surface area contributed by atoms with Gasteiger partial charge in [0.2, 0.25) is 0 Å². The van der Waals surface area contributed by atoms with Gasteiger partial charge in [-0.25, -0.2) is 0 Å². The van der Waals surface area contributed by atoms with Crippen molar-refractivity contribution in [2.24, 2.45) is 16.5 Å². The first kappa shape index (κ1) is 11.3. The molecule has 0 spiro atoms. The van der Waals surface area contributed by atoms with Crippen molar-refractivity contribution in [3.63, 3.8) is 0 Å². The lowest BCUT2D eigenvalue weighted by atomic mass is 9.98. The Labute approximate surface area is 85.7 Å². The van der Waals surface area contributed by atoms with Gasteiger partial charge in [-0.15, -0.1) is 0 Å². The molecule has 1 aliphatic carbocycles. The van der Waals surface area contributed by atoms with Crippen LogP contribution in [-0.2, 0) is 4.74 Å². The molecule has 0 aromatic heterocycles. The lowest BCUT2D eigenvalue weighted by molar-refractivity contribution is 0.0281. The van der Waals surface area contributed by atoms with Crippen molar-refractivity contribution >= 4 is 5.96 Å². The van der Waals surface area contributed by atoms with E-state index in [2.05, 4.69) is 4.99 Å². The quantitative estimate of drug-likeness (QED) is 0.394. The van der Waals surface area contributed by atoms with Crippen LogP contribution in [0.2, 0.25) is 0 Å². The van der Waals surface area contributed by atoms with Crippen LogP contribution >= 0.6 is 0 Å². The molecule has 0 atom stereocenters. The molecule has 4 heteroatoms. The third-order valence-corrected chi connectivity index (χ3v) is 2.50. The van der Waals surface area contributed by atoms with Crippen molar-refractivity contribution in [3.05, 3.63) is 0 Å². The molecule has 0 radical (unpaired) electrons. The van der Waals surface area contributed by atoms with E-state index >= 15 is 0 Å². The molecule has 1 saturated carbocycles. The highest BCUT2D eigenvalue weighted by Crippen LogP contribution is 2.20. The summed E-state index contributed by atoms with van der Waals surface area (Å²) in [5, 5.41) is 0. The van der Waals surface area contributed by atoms with E-state index in [1.807, 2.05) is 0 Å². The Bertz CT molecular complexity index is 172. The fraction of sp³-hybridized carbons (Fsp3) is 0.900. The zero-order valence-corrected chi connectivity index (χ0v) is 8.74. The SMILES string of the molecule is NC(N)=NCCCOC1CCCCC1. The number of hydrogen-bond acceptors (Lipinski definition) is 2. The van der Waals surface area contributed by atoms with Gasteiger partial charge in [-0.2, -0.15) is 0 Å². The van der Waals surface area contributed by atoms with Gasteiger partial charge in [0.1, 0.15) is 0 Å². The summed E-state index contributed by atoms with van der Waals surface area (Å²) in [6.07, 6.45) is 7.85. The first-order valence-corrected chi connectivity index (χ1v) is 5.46. The second-order valence-electron chi connectivity index (χ2n) is 3.79. The van der Waals surface area contributed by atoms with Crippen LogP contribution in [0, 0.1) is 0 Å². The van der Waals surface area contributed by atoms with E-state index in [1.54, 1.807) is 0 Å². The van der Waals surface area contributed by atoms with Gasteiger partial charge < -0.3 is 16.2 Å². The molecule has 0 bridgehead atoms. The van der Waals surface area contributed by atoms with E-state index < -0.39 is 0 Å². The summed E-state index contributed by atoms with van der Waals surface area (Å²) in [6.45, 7) is 1.45. The summed E-state index contributed by atoms with van der Waals surface area (Å²) in [4.78, 5) is 3.90. The van der Waals surface area contributed by atoms with E-state index in [1.165, 1.54) is 32.1 Å². The molecule has 0 heterocycles. The molecule has 0 saturated heterocycles. The lowest BCUT2D eigenvalue weighted by Crippen LogP contribution is -2.23. The first-order valence-electron chi connectivity index (χ1n) is 5.46. The van der Waals surface area contributed by atoms with E-state index in [0.29, 0.717) is 12.6 Å². The van der Waals surface area contributed by atoms with E-state index in [0.717, 1.165) is 13.0 Å². The first-order chi connectivity index (χ1) is 6.79. The second-order valence-corrected chi connectivity index (χ2v) is 3.79. The molecule has 82 valence electrons. The number of aliphatic imine (C=N–C) groups is 1. The minimum Gasteiger partial charge on any atom is -0.378 e. The van der Waals surface area contributed by atoms with Crippen molar-refractivity contribution in [1.82, 2.24) is 0 Å². The minimum atomic E-state index is 0.169. The fourth-order valence-electron chi connectivity index (χ4n) is 1.75. The number of guanidine groups is 1. The molecule has 1 fully saturated rings. The van der Waals surface area contributed by atoms with Crippen molar-refractivity contribution in [3.8, 4) is 0 Å². The Morgan fingerprint density at radius 1 is 1.21 bits per heavy atom. The predicted molar refractivity (Wildman–Crippen MR) is 58.1 cm³/mol. The Hall–Kier alpha value is -0.770. The van der Waals surface area contributed by atoms with Gasteiger partial charge >= 0.3 is 0 Å². The summed E-state index contributed by atoms with van der Waals surface area (Å²) in [7, 11) is 0. The van der Waals surface area contributed by atoms with Crippen LogP contribution in [-0.4, -0.2) is 25.2 Å². The molecule has 0 amide bonds. The summed E-state index contributed by atoms with van der Waals surface area (Å²) in [5.74, 6) is 0.169. The topological polar surface area (TPSA) is 73.6 Å². The predicted octanol–water partition coefficient (Wildman–Crippen LogP) is 0.999. The molecule has 0 unspecified atom stereocenters. The van der Waals surface area contributed by atoms with Crippen molar-refractivity contribution in [2.75, 3.05) is 13.2 Å². The van der Waals surface area contributed by atoms with Crippen LogP contribution in [0.25, 0.3) is 0 Å². The van der Waals surface area contributed by atoms with Gasteiger partial charge in [0.15, 0.2) is 5.96 Å². The van der Waals surface area contributed by atoms with Gasteiger partial charge in [0.05, 0.1) is 6.10 Å². The summed E-state index contributed by atoms with van der Waals surface area (Å²) in [6, 6.07) is 0. The van der Waals surface area contributed by atoms with Gasteiger partial charge in [0.25, 0.3) is 0 Å². The third kappa shape index (κ3) is 5.07. The highest BCUT2D eigenvalue weighted by Gasteiger charge is 2.12. The smallest absolute Gasteiger partial charge is 0.185 e. The number of hydrogen-bond donors (Lipinski definition) is 2. The monoisotopic (exact) mass is 199 g/mol. The highest BCUT2D eigenvalue weighted by atomic mass is 16.5. The Morgan fingerprint density at radius 3 is 2.57 bits per heavy atom. The molecule has 4 nitrogen and oxygen atoms in total. The maximum absolute atomic E-state index is 5.71. The Balaban J connectivity index is 1.95. The Kier molecular flexibility index (Phi) is 5.37. The van der Waals surface area contributed by atoms with E-state index in [4.69, 9.17) is 16.2 Å². The van der Waals surface area contributed by atoms with Crippen LogP contribution < -0.4 is 11.5 Å². The normalized spacial score (nSPS) is 18.0. The molecule has 0 aromatic carbocycles. The summed E-state index contributed by atoms with van der Waals surface area (Å²) < 4.78 is 5.71. The fourth-order valence-corrected chi connectivity index (χ4v) is 1.75. The highest BCUT2D eigenvalue weighted by molar-refractivity contribution is 5.75. The maximum Gasteiger partial charge on any atom is 0.185 e. The average Bonchev–Trinajstić information content (AvgIpc) is 2.18. The van der Waals surface area contributed by atoms with Crippen LogP contribution in [0.3, 0.4) is 0 Å². The molecule has 1 aliphatic rings. The second kappa shape index (κ2) is 6.65. The third-order valence-electron chi connectivity index (χ3n) is 2.50. The number of ether oxygens (including phenoxy) is 1. The average molecular weight is 199 g/mol. The van der Waals surface area contributed by atoms with Crippen LogP contribution in [0.1, 0.15) is 38.5 Å². The zero-order valence-electron chi connectivity index (χ0n) is 8.74. The standard InChI is InChI=1S/C10H21N3O/c11-10(12)13-7-4-8-14-9-5-2-1-3-6-9/h9H,1-8H2,(H4,11,12,13). The van der Waals surface area contributed by atoms with Crippen molar-refractivity contribution < 1.29 is 4.74 Å². The van der Waals surface area contributed by atoms with Gasteiger partial charge in [0, 0.05) is 13.2 Å². The number of nitrogens with two attached hydrogens (primary N) is 2. The van der Waals surface area contributed by atoms with Gasteiger partial charge in [-0.1, -0.05) is 19.3 Å². The molecule has 0 aromatic rings. The molecular formula is C10H21N3O. The van der Waals surface area contributed by atoms with E-state index in [9.17, 15) is 0 Å². The molecule has 1 rings (SSSR count). The zero-order chi connectivity index (χ0) is 10.2. The van der Waals surface area contributed by atoms with E-state index in [-0.39, 0.29) is 5.96 Å². The van der Waals surface area contributed by atoms with Gasteiger partial charge in [-0.3, -0.25) is 4.99 Å². The maximum atomic E-state index is 5.71.